The van der Waals surface area contributed by atoms with E-state index in [4.69, 9.17) is 9.47 Å². The average molecular weight is 694 g/mol. The van der Waals surface area contributed by atoms with Crippen molar-refractivity contribution in [1.82, 2.24) is 5.32 Å². The molecule has 0 aromatic rings. The van der Waals surface area contributed by atoms with Crippen molar-refractivity contribution in [1.29, 1.82) is 0 Å². The van der Waals surface area contributed by atoms with Gasteiger partial charge < -0.3 is 14.8 Å². The molecule has 0 aliphatic heterocycles. The number of unbranched alkanes of at least 4 members (excludes halogenated alkanes) is 24. The molecular formula is C44H87NO4. The summed E-state index contributed by atoms with van der Waals surface area (Å²) in [5.41, 5.74) is 0. The van der Waals surface area contributed by atoms with Crippen LogP contribution < -0.4 is 5.32 Å². The lowest BCUT2D eigenvalue weighted by Gasteiger charge is -2.18. The van der Waals surface area contributed by atoms with Crippen molar-refractivity contribution in [2.24, 2.45) is 0 Å². The molecule has 0 aliphatic rings. The SMILES string of the molecule is CCCCCCCCCC(C)OC(=O)CCCCCCCNCCCCCCCC(=O)OC(CCCCCCCC)CCCCCCCC. The van der Waals surface area contributed by atoms with Crippen molar-refractivity contribution in [2.75, 3.05) is 13.1 Å². The quantitative estimate of drug-likeness (QED) is 0.0511. The van der Waals surface area contributed by atoms with Gasteiger partial charge >= 0.3 is 11.9 Å². The van der Waals surface area contributed by atoms with E-state index >= 15 is 0 Å². The summed E-state index contributed by atoms with van der Waals surface area (Å²) in [6, 6.07) is 0. The van der Waals surface area contributed by atoms with E-state index in [1.165, 1.54) is 161 Å². The second kappa shape index (κ2) is 39.7. The molecule has 1 unspecified atom stereocenters. The van der Waals surface area contributed by atoms with E-state index in [2.05, 4.69) is 26.1 Å². The predicted molar refractivity (Wildman–Crippen MR) is 212 cm³/mol. The molecular weight excluding hydrogens is 606 g/mol. The second-order valence-corrected chi connectivity index (χ2v) is 15.2. The Morgan fingerprint density at radius 3 is 1.16 bits per heavy atom. The number of nitrogens with one attached hydrogen (secondary N) is 1. The third-order valence-corrected chi connectivity index (χ3v) is 10.1. The molecule has 0 bridgehead atoms. The lowest BCUT2D eigenvalue weighted by Crippen LogP contribution is -2.18. The van der Waals surface area contributed by atoms with Gasteiger partial charge in [-0.25, -0.2) is 0 Å². The summed E-state index contributed by atoms with van der Waals surface area (Å²) < 4.78 is 11.6. The minimum atomic E-state index is -0.0108. The molecule has 0 radical (unpaired) electrons. The van der Waals surface area contributed by atoms with Gasteiger partial charge in [0.2, 0.25) is 0 Å². The van der Waals surface area contributed by atoms with Crippen LogP contribution in [0.2, 0.25) is 0 Å². The summed E-state index contributed by atoms with van der Waals surface area (Å²) >= 11 is 0. The van der Waals surface area contributed by atoms with Crippen LogP contribution in [0.15, 0.2) is 0 Å². The third kappa shape index (κ3) is 38.0. The first-order chi connectivity index (χ1) is 24.0. The van der Waals surface area contributed by atoms with Gasteiger partial charge in [0.1, 0.15) is 6.10 Å². The van der Waals surface area contributed by atoms with Crippen molar-refractivity contribution in [2.45, 2.75) is 258 Å². The molecule has 0 saturated heterocycles. The van der Waals surface area contributed by atoms with E-state index in [0.29, 0.717) is 12.8 Å². The van der Waals surface area contributed by atoms with Crippen LogP contribution in [-0.4, -0.2) is 37.2 Å². The number of esters is 2. The summed E-state index contributed by atoms with van der Waals surface area (Å²) in [6.07, 6.45) is 40.5. The fourth-order valence-corrected chi connectivity index (χ4v) is 6.77. The van der Waals surface area contributed by atoms with Gasteiger partial charge in [-0.1, -0.05) is 162 Å². The average Bonchev–Trinajstić information content (AvgIpc) is 3.08. The van der Waals surface area contributed by atoms with Gasteiger partial charge in [0.05, 0.1) is 6.10 Å². The van der Waals surface area contributed by atoms with Gasteiger partial charge in [0, 0.05) is 12.8 Å². The van der Waals surface area contributed by atoms with E-state index in [0.717, 1.165) is 58.0 Å². The van der Waals surface area contributed by atoms with Crippen LogP contribution in [0.4, 0.5) is 0 Å². The van der Waals surface area contributed by atoms with Crippen molar-refractivity contribution < 1.29 is 19.1 Å². The maximum atomic E-state index is 12.6. The molecule has 0 aromatic heterocycles. The number of carbonyl (C=O) groups is 2. The molecule has 0 heterocycles. The molecule has 0 saturated carbocycles. The molecule has 1 N–H and O–H groups in total. The molecule has 292 valence electrons. The first-order valence-electron chi connectivity index (χ1n) is 22.1. The highest BCUT2D eigenvalue weighted by atomic mass is 16.5. The Hall–Kier alpha value is -1.10. The Labute approximate surface area is 307 Å². The number of rotatable bonds is 40. The Morgan fingerprint density at radius 2 is 0.735 bits per heavy atom. The molecule has 5 heteroatoms. The van der Waals surface area contributed by atoms with Crippen LogP contribution in [0.5, 0.6) is 0 Å². The van der Waals surface area contributed by atoms with E-state index < -0.39 is 0 Å². The number of carbonyl (C=O) groups excluding carboxylic acids is 2. The van der Waals surface area contributed by atoms with Crippen molar-refractivity contribution in [3.8, 4) is 0 Å². The summed E-state index contributed by atoms with van der Waals surface area (Å²) in [4.78, 5) is 24.7. The summed E-state index contributed by atoms with van der Waals surface area (Å²) in [7, 11) is 0. The van der Waals surface area contributed by atoms with Crippen molar-refractivity contribution >= 4 is 11.9 Å². The second-order valence-electron chi connectivity index (χ2n) is 15.2. The van der Waals surface area contributed by atoms with Crippen molar-refractivity contribution in [3.63, 3.8) is 0 Å². The minimum absolute atomic E-state index is 0.0108. The van der Waals surface area contributed by atoms with Gasteiger partial charge in [-0.05, 0) is 84.2 Å². The molecule has 1 atom stereocenters. The molecule has 0 amide bonds. The monoisotopic (exact) mass is 694 g/mol. The zero-order valence-corrected chi connectivity index (χ0v) is 33.7. The number of hydrogen-bond acceptors (Lipinski definition) is 5. The van der Waals surface area contributed by atoms with Gasteiger partial charge in [0.15, 0.2) is 0 Å². The van der Waals surface area contributed by atoms with E-state index in [1.54, 1.807) is 0 Å². The Morgan fingerprint density at radius 1 is 0.408 bits per heavy atom. The zero-order valence-electron chi connectivity index (χ0n) is 33.7. The van der Waals surface area contributed by atoms with Gasteiger partial charge in [-0.15, -0.1) is 0 Å². The first kappa shape index (κ1) is 47.9. The van der Waals surface area contributed by atoms with Crippen molar-refractivity contribution in [3.05, 3.63) is 0 Å². The normalized spacial score (nSPS) is 12.1. The molecule has 0 aromatic carbocycles. The smallest absolute Gasteiger partial charge is 0.306 e. The van der Waals surface area contributed by atoms with E-state index in [-0.39, 0.29) is 24.1 Å². The topological polar surface area (TPSA) is 64.6 Å². The lowest BCUT2D eigenvalue weighted by molar-refractivity contribution is -0.150. The van der Waals surface area contributed by atoms with Crippen LogP contribution in [0.25, 0.3) is 0 Å². The number of hydrogen-bond donors (Lipinski definition) is 1. The summed E-state index contributed by atoms with van der Waals surface area (Å²) in [5, 5.41) is 3.59. The van der Waals surface area contributed by atoms with E-state index in [9.17, 15) is 9.59 Å². The Balaban J connectivity index is 3.68. The van der Waals surface area contributed by atoms with Crippen LogP contribution in [0.1, 0.15) is 246 Å². The highest BCUT2D eigenvalue weighted by Crippen LogP contribution is 2.18. The molecule has 0 rings (SSSR count). The highest BCUT2D eigenvalue weighted by molar-refractivity contribution is 5.69. The largest absolute Gasteiger partial charge is 0.463 e. The maximum Gasteiger partial charge on any atom is 0.306 e. The third-order valence-electron chi connectivity index (χ3n) is 10.1. The Bertz CT molecular complexity index is 668. The van der Waals surface area contributed by atoms with Crippen LogP contribution in [0, 0.1) is 0 Å². The van der Waals surface area contributed by atoms with Gasteiger partial charge in [-0.2, -0.15) is 0 Å². The number of ether oxygens (including phenoxy) is 2. The predicted octanol–water partition coefficient (Wildman–Crippen LogP) is 13.7. The summed E-state index contributed by atoms with van der Waals surface area (Å²) in [6.45, 7) is 11.0. The molecule has 49 heavy (non-hydrogen) atoms. The van der Waals surface area contributed by atoms with Gasteiger partial charge in [0.25, 0.3) is 0 Å². The minimum Gasteiger partial charge on any atom is -0.463 e. The van der Waals surface area contributed by atoms with Crippen LogP contribution in [0.3, 0.4) is 0 Å². The Kier molecular flexibility index (Phi) is 38.8. The fraction of sp³-hybridized carbons (Fsp3) is 0.955. The maximum absolute atomic E-state index is 12.6. The molecule has 5 nitrogen and oxygen atoms in total. The molecule has 0 spiro atoms. The van der Waals surface area contributed by atoms with Gasteiger partial charge in [-0.3, -0.25) is 9.59 Å². The summed E-state index contributed by atoms with van der Waals surface area (Å²) in [5.74, 6) is 0.0236. The highest BCUT2D eigenvalue weighted by Gasteiger charge is 2.14. The standard InChI is InChI=1S/C44H87NO4/c1-5-8-11-14-17-20-27-34-41(4)48-43(46)37-30-23-18-25-32-39-45-40-33-26-19-24-31-38-44(47)49-42(35-28-21-15-12-9-6-2)36-29-22-16-13-10-7-3/h41-42,45H,5-40H2,1-4H3. The van der Waals surface area contributed by atoms with Crippen LogP contribution in [-0.2, 0) is 19.1 Å². The fourth-order valence-electron chi connectivity index (χ4n) is 6.77. The lowest BCUT2D eigenvalue weighted by atomic mass is 10.0. The zero-order chi connectivity index (χ0) is 35.9. The first-order valence-corrected chi connectivity index (χ1v) is 22.1. The van der Waals surface area contributed by atoms with Crippen LogP contribution >= 0.6 is 0 Å². The van der Waals surface area contributed by atoms with E-state index in [1.807, 2.05) is 6.92 Å². The molecule has 0 fully saturated rings. The molecule has 0 aliphatic carbocycles.